The number of hydrogen-bond acceptors (Lipinski definition) is 3. The van der Waals surface area contributed by atoms with Gasteiger partial charge >= 0.3 is 5.97 Å². The highest BCUT2D eigenvalue weighted by molar-refractivity contribution is 6.13. The molecule has 0 amide bonds. The maximum absolute atomic E-state index is 13.9. The average Bonchev–Trinajstić information content (AvgIpc) is 2.96. The maximum atomic E-state index is 13.9. The van der Waals surface area contributed by atoms with E-state index >= 15 is 0 Å². The van der Waals surface area contributed by atoms with Crippen LogP contribution in [0.15, 0.2) is 53.2 Å². The molecule has 1 heterocycles. The van der Waals surface area contributed by atoms with Crippen LogP contribution in [0.5, 0.6) is 0 Å². The molecule has 0 N–H and O–H groups in total. The van der Waals surface area contributed by atoms with Crippen LogP contribution in [0.2, 0.25) is 0 Å². The molecule has 1 aliphatic heterocycles. The van der Waals surface area contributed by atoms with Gasteiger partial charge in [-0.3, -0.25) is 0 Å². The summed E-state index contributed by atoms with van der Waals surface area (Å²) in [5.41, 5.74) is 3.30. The summed E-state index contributed by atoms with van der Waals surface area (Å²) < 4.78 is 19.3. The van der Waals surface area contributed by atoms with Crippen LogP contribution < -0.4 is 0 Å². The van der Waals surface area contributed by atoms with E-state index in [0.29, 0.717) is 5.56 Å². The van der Waals surface area contributed by atoms with E-state index < -0.39 is 11.8 Å². The summed E-state index contributed by atoms with van der Waals surface area (Å²) in [6.45, 7) is 12.9. The van der Waals surface area contributed by atoms with Crippen LogP contribution in [0.25, 0.3) is 6.08 Å². The number of rotatable bonds is 2. The number of carbonyl (C=O) groups excluding carboxylic acids is 1. The van der Waals surface area contributed by atoms with E-state index in [1.807, 2.05) is 12.1 Å². The van der Waals surface area contributed by atoms with Crippen LogP contribution >= 0.6 is 0 Å². The Morgan fingerprint density at radius 2 is 1.50 bits per heavy atom. The summed E-state index contributed by atoms with van der Waals surface area (Å²) in [4.78, 5) is 16.7. The molecule has 0 fully saturated rings. The molecule has 3 nitrogen and oxygen atoms in total. The van der Waals surface area contributed by atoms with Crippen molar-refractivity contribution in [1.82, 2.24) is 0 Å². The first-order valence-corrected chi connectivity index (χ1v) is 9.39. The summed E-state index contributed by atoms with van der Waals surface area (Å²) in [7, 11) is 0. The smallest absolute Gasteiger partial charge is 0.363 e. The van der Waals surface area contributed by atoms with E-state index in [2.05, 4.69) is 52.6 Å². The number of cyclic esters (lactones) is 1. The zero-order valence-corrected chi connectivity index (χ0v) is 17.3. The van der Waals surface area contributed by atoms with Gasteiger partial charge < -0.3 is 4.74 Å². The lowest BCUT2D eigenvalue weighted by Crippen LogP contribution is -2.18. The largest absolute Gasteiger partial charge is 0.402 e. The molecule has 28 heavy (non-hydrogen) atoms. The summed E-state index contributed by atoms with van der Waals surface area (Å²) in [5, 5.41) is 0. The lowest BCUT2D eigenvalue weighted by atomic mass is 9.79. The van der Waals surface area contributed by atoms with Crippen molar-refractivity contribution in [3.05, 3.63) is 76.2 Å². The molecule has 1 aliphatic rings. The standard InChI is InChI=1S/C24H26FNO2/c1-23(2,3)17-11-16(12-18(14-17)24(4,5)6)21-26-20(22(27)28-21)13-15-9-7-8-10-19(15)25/h7-14H,1-6H3/b20-13-. The fourth-order valence-corrected chi connectivity index (χ4v) is 2.89. The van der Waals surface area contributed by atoms with E-state index in [9.17, 15) is 9.18 Å². The second-order valence-electron chi connectivity index (χ2n) is 9.16. The van der Waals surface area contributed by atoms with Gasteiger partial charge in [0.1, 0.15) is 5.82 Å². The molecule has 0 saturated carbocycles. The molecule has 146 valence electrons. The summed E-state index contributed by atoms with van der Waals surface area (Å²) in [6.07, 6.45) is 1.42. The van der Waals surface area contributed by atoms with Crippen molar-refractivity contribution >= 4 is 17.9 Å². The minimum atomic E-state index is -0.572. The Kier molecular flexibility index (Phi) is 5.00. The molecule has 0 saturated heterocycles. The van der Waals surface area contributed by atoms with Crippen molar-refractivity contribution < 1.29 is 13.9 Å². The normalized spacial score (nSPS) is 16.3. The van der Waals surface area contributed by atoms with Crippen LogP contribution in [0, 0.1) is 5.82 Å². The van der Waals surface area contributed by atoms with Gasteiger partial charge in [0.25, 0.3) is 0 Å². The number of esters is 1. The summed E-state index contributed by atoms with van der Waals surface area (Å²) >= 11 is 0. The Morgan fingerprint density at radius 3 is 2.04 bits per heavy atom. The van der Waals surface area contributed by atoms with Crippen molar-refractivity contribution in [3.8, 4) is 0 Å². The molecule has 2 aromatic rings. The van der Waals surface area contributed by atoms with Gasteiger partial charge in [0.2, 0.25) is 5.90 Å². The average molecular weight is 379 g/mol. The van der Waals surface area contributed by atoms with Gasteiger partial charge in [-0.1, -0.05) is 65.8 Å². The molecule has 0 aromatic heterocycles. The summed E-state index contributed by atoms with van der Waals surface area (Å²) in [5.74, 6) is -0.725. The number of ether oxygens (including phenoxy) is 1. The second-order valence-corrected chi connectivity index (χ2v) is 9.16. The van der Waals surface area contributed by atoms with Gasteiger partial charge in [-0.2, -0.15) is 0 Å². The minimum Gasteiger partial charge on any atom is -0.402 e. The van der Waals surface area contributed by atoms with Crippen LogP contribution in [0.4, 0.5) is 4.39 Å². The van der Waals surface area contributed by atoms with E-state index in [-0.39, 0.29) is 22.4 Å². The van der Waals surface area contributed by atoms with Crippen LogP contribution in [-0.4, -0.2) is 11.9 Å². The molecular weight excluding hydrogens is 353 g/mol. The van der Waals surface area contributed by atoms with Crippen LogP contribution in [0.3, 0.4) is 0 Å². The van der Waals surface area contributed by atoms with Crippen LogP contribution in [0.1, 0.15) is 63.8 Å². The topological polar surface area (TPSA) is 38.7 Å². The number of nitrogens with zero attached hydrogens (tertiary/aromatic N) is 1. The first-order chi connectivity index (χ1) is 12.9. The highest BCUT2D eigenvalue weighted by atomic mass is 19.1. The molecule has 4 heteroatoms. The molecule has 0 aliphatic carbocycles. The lowest BCUT2D eigenvalue weighted by Gasteiger charge is -2.26. The van der Waals surface area contributed by atoms with Crippen molar-refractivity contribution in [2.45, 2.75) is 52.4 Å². The zero-order valence-electron chi connectivity index (χ0n) is 17.3. The Balaban J connectivity index is 2.08. The lowest BCUT2D eigenvalue weighted by molar-refractivity contribution is -0.129. The molecule has 0 bridgehead atoms. The molecule has 3 rings (SSSR count). The monoisotopic (exact) mass is 379 g/mol. The number of benzene rings is 2. The maximum Gasteiger partial charge on any atom is 0.363 e. The Hall–Kier alpha value is -2.75. The Labute approximate surface area is 166 Å². The Morgan fingerprint density at radius 1 is 0.929 bits per heavy atom. The van der Waals surface area contributed by atoms with E-state index in [1.165, 1.54) is 12.1 Å². The highest BCUT2D eigenvalue weighted by Gasteiger charge is 2.27. The second kappa shape index (κ2) is 7.01. The summed E-state index contributed by atoms with van der Waals surface area (Å²) in [6, 6.07) is 12.5. The van der Waals surface area contributed by atoms with E-state index in [4.69, 9.17) is 4.74 Å². The molecule has 0 unspecified atom stereocenters. The molecule has 2 aromatic carbocycles. The van der Waals surface area contributed by atoms with Crippen LogP contribution in [-0.2, 0) is 20.4 Å². The highest BCUT2D eigenvalue weighted by Crippen LogP contribution is 2.31. The van der Waals surface area contributed by atoms with Crippen molar-refractivity contribution in [1.29, 1.82) is 0 Å². The fraction of sp³-hybridized carbons (Fsp3) is 0.333. The van der Waals surface area contributed by atoms with Gasteiger partial charge in [-0.05, 0) is 46.2 Å². The first-order valence-electron chi connectivity index (χ1n) is 9.39. The third-order valence-corrected chi connectivity index (χ3v) is 4.73. The third-order valence-electron chi connectivity index (χ3n) is 4.73. The zero-order chi connectivity index (χ0) is 20.7. The van der Waals surface area contributed by atoms with Crippen molar-refractivity contribution in [2.24, 2.45) is 4.99 Å². The number of aliphatic imine (C=N–C) groups is 1. The van der Waals surface area contributed by atoms with Gasteiger partial charge in [0.15, 0.2) is 5.70 Å². The van der Waals surface area contributed by atoms with Crippen molar-refractivity contribution in [3.63, 3.8) is 0 Å². The van der Waals surface area contributed by atoms with Gasteiger partial charge in [-0.15, -0.1) is 0 Å². The van der Waals surface area contributed by atoms with E-state index in [1.54, 1.807) is 18.2 Å². The molecule has 0 spiro atoms. The number of halogens is 1. The van der Waals surface area contributed by atoms with E-state index in [0.717, 1.165) is 16.7 Å². The predicted octanol–water partition coefficient (Wildman–Crippen LogP) is 5.77. The molecule has 0 atom stereocenters. The fourth-order valence-electron chi connectivity index (χ4n) is 2.89. The molecular formula is C24H26FNO2. The molecule has 0 radical (unpaired) electrons. The third kappa shape index (κ3) is 4.22. The predicted molar refractivity (Wildman–Crippen MR) is 111 cm³/mol. The quantitative estimate of drug-likeness (QED) is 0.491. The van der Waals surface area contributed by atoms with Gasteiger partial charge in [0, 0.05) is 11.1 Å². The van der Waals surface area contributed by atoms with Gasteiger partial charge in [-0.25, -0.2) is 14.2 Å². The minimum absolute atomic E-state index is 0.0645. The number of carbonyl (C=O) groups is 1. The SMILES string of the molecule is CC(C)(C)c1cc(C2=N/C(=C\c3ccccc3F)C(=O)O2)cc(C(C)(C)C)c1. The number of hydrogen-bond donors (Lipinski definition) is 0. The van der Waals surface area contributed by atoms with Crippen molar-refractivity contribution in [2.75, 3.05) is 0 Å². The van der Waals surface area contributed by atoms with Gasteiger partial charge in [0.05, 0.1) is 0 Å². The first kappa shape index (κ1) is 20.0. The Bertz CT molecular complexity index is 956.